The molecule has 6 aliphatic rings. The normalized spacial score (nSPS) is 23.3. The lowest BCUT2D eigenvalue weighted by molar-refractivity contribution is 0.195. The minimum Gasteiger partial charge on any atom is -0.335 e. The zero-order valence-corrected chi connectivity index (χ0v) is 47.5. The molecule has 1 fully saturated rings. The lowest BCUT2D eigenvalue weighted by Gasteiger charge is -2.54. The number of fused-ring (bicyclic) bond motifs is 13. The Morgan fingerprint density at radius 3 is 1.88 bits per heavy atom. The monoisotopic (exact) mass is 1010 g/mol. The predicted octanol–water partition coefficient (Wildman–Crippen LogP) is 17.4. The molecule has 4 heteroatoms. The number of nitrogens with zero attached hydrogens (tertiary/aromatic N) is 3. The molecule has 0 N–H and O–H groups in total. The largest absolute Gasteiger partial charge is 0.335 e. The fourth-order valence-electron chi connectivity index (χ4n) is 16.4. The third-order valence-corrected chi connectivity index (χ3v) is 21.1. The fraction of sp³-hybridized carbons (Fsp3) is 0.297. The van der Waals surface area contributed by atoms with E-state index in [0.29, 0.717) is 0 Å². The first kappa shape index (κ1) is 47.9. The Morgan fingerprint density at radius 1 is 0.436 bits per heavy atom. The van der Waals surface area contributed by atoms with Crippen molar-refractivity contribution in [1.82, 2.24) is 0 Å². The topological polar surface area (TPSA) is 9.72 Å². The first-order valence-electron chi connectivity index (χ1n) is 29.2. The molecule has 0 aromatic heterocycles. The highest BCUT2D eigenvalue weighted by Gasteiger charge is 2.63. The molecule has 0 spiro atoms. The zero-order chi connectivity index (χ0) is 53.5. The summed E-state index contributed by atoms with van der Waals surface area (Å²) in [5.74, 6) is 0. The van der Waals surface area contributed by atoms with Crippen LogP contribution in [0.4, 0.5) is 39.8 Å². The van der Waals surface area contributed by atoms with Gasteiger partial charge in [-0.25, -0.2) is 0 Å². The smallest absolute Gasteiger partial charge is 0.252 e. The van der Waals surface area contributed by atoms with E-state index in [4.69, 9.17) is 0 Å². The second kappa shape index (κ2) is 16.2. The van der Waals surface area contributed by atoms with Crippen molar-refractivity contribution < 1.29 is 0 Å². The highest BCUT2D eigenvalue weighted by molar-refractivity contribution is 7.00. The second-order valence-corrected chi connectivity index (χ2v) is 27.1. The number of aryl methyl sites for hydroxylation is 1. The van der Waals surface area contributed by atoms with Gasteiger partial charge in [0.15, 0.2) is 0 Å². The van der Waals surface area contributed by atoms with Crippen LogP contribution in [0.5, 0.6) is 0 Å². The maximum Gasteiger partial charge on any atom is 0.252 e. The summed E-state index contributed by atoms with van der Waals surface area (Å²) in [6.45, 7) is 24.7. The van der Waals surface area contributed by atoms with E-state index in [0.717, 1.165) is 25.7 Å². The Balaban J connectivity index is 1.10. The highest BCUT2D eigenvalue weighted by Crippen LogP contribution is 2.66. The first-order valence-corrected chi connectivity index (χ1v) is 29.2. The Hall–Kier alpha value is -7.30. The number of benzene rings is 9. The Bertz CT molecular complexity index is 4010. The zero-order valence-electron chi connectivity index (χ0n) is 47.5. The molecule has 4 heterocycles. The van der Waals surface area contributed by atoms with Gasteiger partial charge in [-0.3, -0.25) is 0 Å². The van der Waals surface area contributed by atoms with E-state index < -0.39 is 0 Å². The van der Waals surface area contributed by atoms with Gasteiger partial charge in [-0.1, -0.05) is 202 Å². The molecule has 0 radical (unpaired) electrons. The molecule has 0 saturated heterocycles. The van der Waals surface area contributed by atoms with Crippen LogP contribution in [0.15, 0.2) is 182 Å². The SMILES string of the molecule is CC(C)(C)c1ccc2c(c1)B1c3cc(-c4ccccc4)cc4c3N(c3cc(N5c6ccccc6C6(C)CCc7ccccc7C56C)cc(c31)N2c1ccc(C(C)(C)C)cc1-c1ccc2ccccc2c1)C1(C)CCCCC41C. The summed E-state index contributed by atoms with van der Waals surface area (Å²) in [5.41, 5.74) is 26.2. The molecule has 1 saturated carbocycles. The van der Waals surface area contributed by atoms with Crippen LogP contribution in [-0.2, 0) is 33.6 Å². The van der Waals surface area contributed by atoms with E-state index in [9.17, 15) is 0 Å². The Labute approximate surface area is 464 Å². The predicted molar refractivity (Wildman–Crippen MR) is 332 cm³/mol. The molecular formula is C74H72BN3. The number of hydrogen-bond acceptors (Lipinski definition) is 3. The maximum absolute atomic E-state index is 2.95. The summed E-state index contributed by atoms with van der Waals surface area (Å²) in [6, 6.07) is 71.7. The lowest BCUT2D eigenvalue weighted by Crippen LogP contribution is -2.64. The minimum absolute atomic E-state index is 0.0151. The average molecular weight is 1010 g/mol. The molecule has 386 valence electrons. The van der Waals surface area contributed by atoms with Crippen molar-refractivity contribution in [3.8, 4) is 22.3 Å². The van der Waals surface area contributed by atoms with Crippen LogP contribution in [0.2, 0.25) is 0 Å². The number of para-hydroxylation sites is 1. The molecule has 4 aliphatic heterocycles. The highest BCUT2D eigenvalue weighted by atomic mass is 15.3. The summed E-state index contributed by atoms with van der Waals surface area (Å²) in [6.07, 6.45) is 6.90. The molecule has 9 aromatic rings. The molecule has 0 amide bonds. The molecule has 2 aliphatic carbocycles. The molecule has 4 unspecified atom stereocenters. The molecule has 15 rings (SSSR count). The summed E-state index contributed by atoms with van der Waals surface area (Å²) in [4.78, 5) is 8.51. The lowest BCUT2D eigenvalue weighted by atomic mass is 9.33. The van der Waals surface area contributed by atoms with Gasteiger partial charge < -0.3 is 14.7 Å². The van der Waals surface area contributed by atoms with Crippen LogP contribution in [0, 0.1) is 0 Å². The van der Waals surface area contributed by atoms with Gasteiger partial charge in [0.1, 0.15) is 0 Å². The van der Waals surface area contributed by atoms with Gasteiger partial charge in [-0.2, -0.15) is 0 Å². The molecule has 0 bridgehead atoms. The summed E-state index contributed by atoms with van der Waals surface area (Å²) in [5, 5.41) is 2.52. The fourth-order valence-corrected chi connectivity index (χ4v) is 16.4. The molecule has 78 heavy (non-hydrogen) atoms. The third-order valence-electron chi connectivity index (χ3n) is 21.1. The van der Waals surface area contributed by atoms with Gasteiger partial charge in [0.25, 0.3) is 6.71 Å². The van der Waals surface area contributed by atoms with Crippen molar-refractivity contribution in [2.75, 3.05) is 14.7 Å². The standard InChI is InChI=1S/C74H72BN3/c1-69(2,3)53-32-34-62(56(43-53)51-31-30-48-24-14-15-26-50(48)40-51)76-64-35-33-54(70(4,5)6)44-60(64)75-61-42-52(47-22-12-11-13-23-47)41-59-68(61)78(73(9)38-21-20-37-71(59,73)7)66-46-55(45-65(76)67(66)75)77-63-29-19-18-28-58(63)72(8)39-36-49-25-16-17-27-57(49)74(72,77)10/h11-19,22-35,40-46H,20-21,36-39H2,1-10H3. The molecular weight excluding hydrogens is 942 g/mol. The summed E-state index contributed by atoms with van der Waals surface area (Å²) < 4.78 is 0. The van der Waals surface area contributed by atoms with Crippen molar-refractivity contribution >= 4 is 73.7 Å². The third kappa shape index (κ3) is 6.29. The average Bonchev–Trinajstić information content (AvgIpc) is 4.04. The molecule has 9 aromatic carbocycles. The van der Waals surface area contributed by atoms with Crippen molar-refractivity contribution in [3.63, 3.8) is 0 Å². The van der Waals surface area contributed by atoms with Crippen molar-refractivity contribution in [3.05, 3.63) is 215 Å². The van der Waals surface area contributed by atoms with Gasteiger partial charge in [-0.05, 0) is 176 Å². The van der Waals surface area contributed by atoms with Gasteiger partial charge >= 0.3 is 0 Å². The first-order chi connectivity index (χ1) is 37.4. The van der Waals surface area contributed by atoms with Crippen LogP contribution in [0.1, 0.15) is 135 Å². The van der Waals surface area contributed by atoms with Gasteiger partial charge in [0, 0.05) is 50.5 Å². The van der Waals surface area contributed by atoms with Crippen molar-refractivity contribution in [2.45, 2.75) is 141 Å². The van der Waals surface area contributed by atoms with E-state index in [1.54, 1.807) is 0 Å². The number of hydrogen-bond donors (Lipinski definition) is 0. The van der Waals surface area contributed by atoms with Gasteiger partial charge in [0.2, 0.25) is 0 Å². The number of anilines is 7. The number of rotatable bonds is 4. The van der Waals surface area contributed by atoms with Crippen LogP contribution >= 0.6 is 0 Å². The van der Waals surface area contributed by atoms with Crippen LogP contribution in [-0.4, -0.2) is 12.3 Å². The van der Waals surface area contributed by atoms with Crippen LogP contribution < -0.4 is 31.1 Å². The van der Waals surface area contributed by atoms with Gasteiger partial charge in [-0.15, -0.1) is 0 Å². The molecule has 3 nitrogen and oxygen atoms in total. The summed E-state index contributed by atoms with van der Waals surface area (Å²) in [7, 11) is 0. The second-order valence-electron chi connectivity index (χ2n) is 27.1. The van der Waals surface area contributed by atoms with Crippen molar-refractivity contribution in [1.29, 1.82) is 0 Å². The van der Waals surface area contributed by atoms with Crippen LogP contribution in [0.25, 0.3) is 33.0 Å². The van der Waals surface area contributed by atoms with Crippen molar-refractivity contribution in [2.24, 2.45) is 0 Å². The van der Waals surface area contributed by atoms with E-state index in [1.807, 2.05) is 0 Å². The quantitative estimate of drug-likeness (QED) is 0.163. The minimum atomic E-state index is -0.369. The van der Waals surface area contributed by atoms with E-state index >= 15 is 0 Å². The van der Waals surface area contributed by atoms with Crippen LogP contribution in [0.3, 0.4) is 0 Å². The van der Waals surface area contributed by atoms with E-state index in [1.165, 1.54) is 135 Å². The van der Waals surface area contributed by atoms with E-state index in [-0.39, 0.29) is 39.5 Å². The summed E-state index contributed by atoms with van der Waals surface area (Å²) >= 11 is 0. The van der Waals surface area contributed by atoms with Gasteiger partial charge in [0.05, 0.1) is 16.8 Å². The Kier molecular flexibility index (Phi) is 9.92. The molecule has 4 atom stereocenters. The maximum atomic E-state index is 2.95. The van der Waals surface area contributed by atoms with E-state index in [2.05, 4.69) is 266 Å². The Morgan fingerprint density at radius 2 is 1.10 bits per heavy atom.